The molecule has 0 spiro atoms. The van der Waals surface area contributed by atoms with E-state index >= 15 is 0 Å². The molecule has 2 rings (SSSR count). The molecule has 0 aliphatic heterocycles. The number of aromatic hydroxyl groups is 2. The zero-order valence-corrected chi connectivity index (χ0v) is 7.38. The number of carbonyl (C=O) groups is 1. The Labute approximate surface area is 79.8 Å². The van der Waals surface area contributed by atoms with Crippen LogP contribution in [-0.2, 0) is 6.42 Å². The highest BCUT2D eigenvalue weighted by Gasteiger charge is 2.25. The zero-order valence-electron chi connectivity index (χ0n) is 7.38. The van der Waals surface area contributed by atoms with Crippen molar-refractivity contribution in [2.75, 3.05) is 0 Å². The van der Waals surface area contributed by atoms with Gasteiger partial charge in [-0.1, -0.05) is 0 Å². The minimum absolute atomic E-state index is 0.0634. The minimum atomic E-state index is -0.750. The van der Waals surface area contributed by atoms with Crippen molar-refractivity contribution in [3.8, 4) is 11.5 Å². The van der Waals surface area contributed by atoms with Crippen LogP contribution < -0.4 is 0 Å². The van der Waals surface area contributed by atoms with Crippen LogP contribution >= 0.6 is 0 Å². The van der Waals surface area contributed by atoms with Gasteiger partial charge in [-0.15, -0.1) is 0 Å². The van der Waals surface area contributed by atoms with Crippen LogP contribution in [0, 0.1) is 5.82 Å². The third kappa shape index (κ3) is 1.14. The van der Waals surface area contributed by atoms with Gasteiger partial charge in [0, 0.05) is 18.1 Å². The molecule has 1 aromatic carbocycles. The zero-order chi connectivity index (χ0) is 10.3. The summed E-state index contributed by atoms with van der Waals surface area (Å²) in [6.45, 7) is 0. The predicted octanol–water partition coefficient (Wildman–Crippen LogP) is 1.76. The molecular formula is C10H9FO3. The van der Waals surface area contributed by atoms with Crippen molar-refractivity contribution in [2.45, 2.75) is 19.3 Å². The van der Waals surface area contributed by atoms with Crippen molar-refractivity contribution in [1.82, 2.24) is 0 Å². The van der Waals surface area contributed by atoms with Gasteiger partial charge in [-0.3, -0.25) is 4.79 Å². The molecule has 0 bridgehead atoms. The fraction of sp³-hybridized carbons (Fsp3) is 0.300. The van der Waals surface area contributed by atoms with E-state index in [1.165, 1.54) is 0 Å². The van der Waals surface area contributed by atoms with E-state index in [9.17, 15) is 14.3 Å². The summed E-state index contributed by atoms with van der Waals surface area (Å²) >= 11 is 0. The SMILES string of the molecule is O=C1CCCc2c(O)c(O)cc(F)c21. The lowest BCUT2D eigenvalue weighted by molar-refractivity contribution is 0.0967. The van der Waals surface area contributed by atoms with Crippen LogP contribution in [-0.4, -0.2) is 16.0 Å². The van der Waals surface area contributed by atoms with Crippen molar-refractivity contribution >= 4 is 5.78 Å². The third-order valence-corrected chi connectivity index (χ3v) is 2.44. The molecule has 1 aromatic rings. The average molecular weight is 196 g/mol. The molecule has 0 saturated heterocycles. The highest BCUT2D eigenvalue weighted by molar-refractivity contribution is 5.99. The second-order valence-electron chi connectivity index (χ2n) is 3.36. The van der Waals surface area contributed by atoms with E-state index in [-0.39, 0.29) is 22.7 Å². The Morgan fingerprint density at radius 2 is 2.00 bits per heavy atom. The van der Waals surface area contributed by atoms with Gasteiger partial charge in [0.1, 0.15) is 5.82 Å². The Kier molecular flexibility index (Phi) is 1.91. The Morgan fingerprint density at radius 3 is 2.71 bits per heavy atom. The van der Waals surface area contributed by atoms with Crippen molar-refractivity contribution < 1.29 is 19.4 Å². The topological polar surface area (TPSA) is 57.5 Å². The number of hydrogen-bond acceptors (Lipinski definition) is 3. The summed E-state index contributed by atoms with van der Waals surface area (Å²) in [6.07, 6.45) is 1.31. The number of phenolic OH excluding ortho intramolecular Hbond substituents is 2. The normalized spacial score (nSPS) is 15.4. The average Bonchev–Trinajstić information content (AvgIpc) is 2.14. The molecule has 0 saturated carbocycles. The van der Waals surface area contributed by atoms with Gasteiger partial charge in [0.15, 0.2) is 17.3 Å². The summed E-state index contributed by atoms with van der Waals surface area (Å²) in [4.78, 5) is 11.3. The molecule has 0 unspecified atom stereocenters. The van der Waals surface area contributed by atoms with Crippen molar-refractivity contribution in [3.63, 3.8) is 0 Å². The Bertz CT molecular complexity index is 412. The smallest absolute Gasteiger partial charge is 0.166 e. The predicted molar refractivity (Wildman–Crippen MR) is 47.0 cm³/mol. The van der Waals surface area contributed by atoms with Crippen molar-refractivity contribution in [3.05, 3.63) is 23.0 Å². The first-order valence-corrected chi connectivity index (χ1v) is 4.37. The van der Waals surface area contributed by atoms with Gasteiger partial charge in [-0.05, 0) is 12.8 Å². The van der Waals surface area contributed by atoms with Gasteiger partial charge in [-0.2, -0.15) is 0 Å². The number of ketones is 1. The maximum absolute atomic E-state index is 13.3. The number of rotatable bonds is 0. The summed E-state index contributed by atoms with van der Waals surface area (Å²) in [5.74, 6) is -1.93. The van der Waals surface area contributed by atoms with E-state index in [4.69, 9.17) is 5.11 Å². The molecule has 14 heavy (non-hydrogen) atoms. The second-order valence-corrected chi connectivity index (χ2v) is 3.36. The molecular weight excluding hydrogens is 187 g/mol. The van der Waals surface area contributed by atoms with E-state index in [1.807, 2.05) is 0 Å². The second kappa shape index (κ2) is 2.97. The van der Waals surface area contributed by atoms with Gasteiger partial charge in [-0.25, -0.2) is 4.39 Å². The van der Waals surface area contributed by atoms with E-state index in [0.717, 1.165) is 6.07 Å². The van der Waals surface area contributed by atoms with Gasteiger partial charge in [0.05, 0.1) is 5.56 Å². The standard InChI is InChI=1S/C10H9FO3/c11-6-4-8(13)10(14)5-2-1-3-7(12)9(5)6/h4,13-14H,1-3H2. The molecule has 0 amide bonds. The quantitative estimate of drug-likeness (QED) is 0.621. The van der Waals surface area contributed by atoms with Crippen LogP contribution in [0.4, 0.5) is 4.39 Å². The first-order chi connectivity index (χ1) is 6.61. The van der Waals surface area contributed by atoms with E-state index < -0.39 is 11.6 Å². The summed E-state index contributed by atoms with van der Waals surface area (Å²) in [5.41, 5.74) is 0.172. The van der Waals surface area contributed by atoms with Crippen molar-refractivity contribution in [1.29, 1.82) is 0 Å². The van der Waals surface area contributed by atoms with Crippen LogP contribution in [0.5, 0.6) is 11.5 Å². The largest absolute Gasteiger partial charge is 0.504 e. The number of carbonyl (C=O) groups excluding carboxylic acids is 1. The molecule has 2 N–H and O–H groups in total. The molecule has 0 aromatic heterocycles. The maximum atomic E-state index is 13.3. The number of halogens is 1. The molecule has 74 valence electrons. The van der Waals surface area contributed by atoms with E-state index in [0.29, 0.717) is 19.3 Å². The Hall–Kier alpha value is -1.58. The number of fused-ring (bicyclic) bond motifs is 1. The highest BCUT2D eigenvalue weighted by atomic mass is 19.1. The molecule has 0 fully saturated rings. The molecule has 4 heteroatoms. The Morgan fingerprint density at radius 1 is 1.29 bits per heavy atom. The van der Waals surface area contributed by atoms with Crippen LogP contribution in [0.15, 0.2) is 6.07 Å². The molecule has 0 heterocycles. The first-order valence-electron chi connectivity index (χ1n) is 4.37. The lowest BCUT2D eigenvalue weighted by atomic mass is 9.89. The number of Topliss-reactive ketones (excluding diaryl/α,β-unsaturated/α-hetero) is 1. The van der Waals surface area contributed by atoms with Crippen LogP contribution in [0.1, 0.15) is 28.8 Å². The number of benzene rings is 1. The van der Waals surface area contributed by atoms with E-state index in [1.54, 1.807) is 0 Å². The molecule has 1 aliphatic carbocycles. The highest BCUT2D eigenvalue weighted by Crippen LogP contribution is 2.37. The molecule has 3 nitrogen and oxygen atoms in total. The van der Waals surface area contributed by atoms with Crippen LogP contribution in [0.3, 0.4) is 0 Å². The van der Waals surface area contributed by atoms with Crippen LogP contribution in [0.25, 0.3) is 0 Å². The van der Waals surface area contributed by atoms with Gasteiger partial charge in [0.2, 0.25) is 0 Å². The van der Waals surface area contributed by atoms with Gasteiger partial charge in [0.25, 0.3) is 0 Å². The van der Waals surface area contributed by atoms with Crippen LogP contribution in [0.2, 0.25) is 0 Å². The summed E-state index contributed by atoms with van der Waals surface area (Å²) in [7, 11) is 0. The monoisotopic (exact) mass is 196 g/mol. The summed E-state index contributed by atoms with van der Waals surface area (Å²) in [6, 6.07) is 0.775. The van der Waals surface area contributed by atoms with Gasteiger partial charge < -0.3 is 10.2 Å². The molecule has 0 radical (unpaired) electrons. The molecule has 0 atom stereocenters. The number of hydrogen-bond donors (Lipinski definition) is 2. The molecule has 1 aliphatic rings. The minimum Gasteiger partial charge on any atom is -0.504 e. The maximum Gasteiger partial charge on any atom is 0.166 e. The number of phenols is 2. The van der Waals surface area contributed by atoms with E-state index in [2.05, 4.69) is 0 Å². The lowest BCUT2D eigenvalue weighted by Gasteiger charge is -2.16. The Balaban J connectivity index is 2.72. The fourth-order valence-electron chi connectivity index (χ4n) is 1.77. The summed E-state index contributed by atoms with van der Waals surface area (Å²) < 4.78 is 13.3. The first kappa shape index (κ1) is 8.99. The van der Waals surface area contributed by atoms with Crippen molar-refractivity contribution in [2.24, 2.45) is 0 Å². The summed E-state index contributed by atoms with van der Waals surface area (Å²) in [5, 5.41) is 18.6. The van der Waals surface area contributed by atoms with Gasteiger partial charge >= 0.3 is 0 Å². The fourth-order valence-corrected chi connectivity index (χ4v) is 1.77. The third-order valence-electron chi connectivity index (χ3n) is 2.44. The lowest BCUT2D eigenvalue weighted by Crippen LogP contribution is -2.13.